The fourth-order valence-electron chi connectivity index (χ4n) is 2.18. The monoisotopic (exact) mass is 297 g/mol. The third-order valence-electron chi connectivity index (χ3n) is 3.21. The van der Waals surface area contributed by atoms with E-state index in [1.165, 1.54) is 5.69 Å². The summed E-state index contributed by atoms with van der Waals surface area (Å²) in [6.45, 7) is 8.74. The maximum atomic E-state index is 8.52. The molecule has 0 saturated heterocycles. The molecule has 0 amide bonds. The zero-order valence-electron chi connectivity index (χ0n) is 12.9. The van der Waals surface area contributed by atoms with E-state index in [-0.39, 0.29) is 5.96 Å². The highest BCUT2D eigenvalue weighted by Crippen LogP contribution is 2.02. The summed E-state index contributed by atoms with van der Waals surface area (Å²) in [4.78, 5) is 6.25. The van der Waals surface area contributed by atoms with E-state index in [0.29, 0.717) is 13.1 Å². The topological polar surface area (TPSA) is 118 Å². The molecule has 6 N–H and O–H groups in total. The van der Waals surface area contributed by atoms with Crippen LogP contribution < -0.4 is 16.9 Å². The minimum Gasteiger partial charge on any atom is -0.368 e. The van der Waals surface area contributed by atoms with E-state index in [1.807, 2.05) is 17.1 Å². The Bertz CT molecular complexity index is 444. The van der Waals surface area contributed by atoms with Gasteiger partial charge in [0.1, 0.15) is 0 Å². The van der Waals surface area contributed by atoms with Crippen LogP contribution in [0.15, 0.2) is 11.1 Å². The summed E-state index contributed by atoms with van der Waals surface area (Å²) in [6.07, 6.45) is 0.861. The van der Waals surface area contributed by atoms with Crippen LogP contribution >= 0.6 is 0 Å². The van der Waals surface area contributed by atoms with Gasteiger partial charge >= 0.3 is 0 Å². The van der Waals surface area contributed by atoms with Crippen molar-refractivity contribution in [1.29, 1.82) is 0 Å². The molecule has 0 spiro atoms. The SMILES string of the molecule is Cc1cc(C)n(CCN(CCN)CCCN=C(N)NO)n1. The van der Waals surface area contributed by atoms with Gasteiger partial charge in [0.25, 0.3) is 0 Å². The number of nitrogens with zero attached hydrogens (tertiary/aromatic N) is 4. The second-order valence-corrected chi connectivity index (χ2v) is 5.01. The van der Waals surface area contributed by atoms with Crippen molar-refractivity contribution in [1.82, 2.24) is 20.2 Å². The maximum Gasteiger partial charge on any atom is 0.212 e. The Balaban J connectivity index is 2.37. The Morgan fingerprint density at radius 1 is 1.43 bits per heavy atom. The predicted molar refractivity (Wildman–Crippen MR) is 83.2 cm³/mol. The summed E-state index contributed by atoms with van der Waals surface area (Å²) in [5.74, 6) is 0.0445. The molecule has 0 atom stereocenters. The number of aryl methyl sites for hydroxylation is 2. The molecule has 0 aliphatic rings. The molecule has 1 aromatic rings. The summed E-state index contributed by atoms with van der Waals surface area (Å²) in [5.41, 5.74) is 15.0. The molecule has 8 nitrogen and oxygen atoms in total. The van der Waals surface area contributed by atoms with Crippen LogP contribution in [-0.4, -0.2) is 58.6 Å². The molecular formula is C13H27N7O. The second-order valence-electron chi connectivity index (χ2n) is 5.01. The largest absolute Gasteiger partial charge is 0.368 e. The molecule has 0 radical (unpaired) electrons. The average molecular weight is 297 g/mol. The van der Waals surface area contributed by atoms with Gasteiger partial charge in [-0.2, -0.15) is 5.10 Å². The van der Waals surface area contributed by atoms with Gasteiger partial charge in [-0.15, -0.1) is 0 Å². The van der Waals surface area contributed by atoms with E-state index in [1.54, 1.807) is 0 Å². The molecule has 21 heavy (non-hydrogen) atoms. The number of rotatable bonds is 9. The van der Waals surface area contributed by atoms with Crippen molar-refractivity contribution in [3.05, 3.63) is 17.5 Å². The van der Waals surface area contributed by atoms with Crippen molar-refractivity contribution in [2.45, 2.75) is 26.8 Å². The van der Waals surface area contributed by atoms with Crippen LogP contribution in [0.4, 0.5) is 0 Å². The van der Waals surface area contributed by atoms with E-state index in [9.17, 15) is 0 Å². The third-order valence-corrected chi connectivity index (χ3v) is 3.21. The van der Waals surface area contributed by atoms with Crippen LogP contribution in [0.25, 0.3) is 0 Å². The third kappa shape index (κ3) is 6.56. The van der Waals surface area contributed by atoms with Crippen molar-refractivity contribution in [2.75, 3.05) is 32.7 Å². The lowest BCUT2D eigenvalue weighted by Gasteiger charge is -2.21. The van der Waals surface area contributed by atoms with Gasteiger partial charge in [0.05, 0.1) is 12.2 Å². The predicted octanol–water partition coefficient (Wildman–Crippen LogP) is -0.556. The number of hydrogen-bond donors (Lipinski definition) is 4. The molecule has 0 fully saturated rings. The van der Waals surface area contributed by atoms with E-state index < -0.39 is 0 Å². The Kier molecular flexibility index (Phi) is 7.73. The van der Waals surface area contributed by atoms with Gasteiger partial charge < -0.3 is 16.4 Å². The summed E-state index contributed by atoms with van der Waals surface area (Å²) >= 11 is 0. The smallest absolute Gasteiger partial charge is 0.212 e. The highest BCUT2D eigenvalue weighted by atomic mass is 16.5. The average Bonchev–Trinajstić information content (AvgIpc) is 2.78. The van der Waals surface area contributed by atoms with Gasteiger partial charge in [0, 0.05) is 38.4 Å². The number of hydrogen-bond acceptors (Lipinski definition) is 5. The molecule has 0 bridgehead atoms. The zero-order chi connectivity index (χ0) is 15.7. The molecule has 1 heterocycles. The Hall–Kier alpha value is -1.64. The number of guanidine groups is 1. The molecular weight excluding hydrogens is 270 g/mol. The van der Waals surface area contributed by atoms with E-state index >= 15 is 0 Å². The molecule has 1 aromatic heterocycles. The standard InChI is InChI=1S/C13H27N7O/c1-11-10-12(2)20(17-11)9-8-19(7-4-14)6-3-5-16-13(15)18-21/h10,21H,3-9,14H2,1-2H3,(H3,15,16,18). The number of aliphatic imine (C=N–C) groups is 1. The van der Waals surface area contributed by atoms with E-state index in [0.717, 1.165) is 38.3 Å². The van der Waals surface area contributed by atoms with Gasteiger partial charge in [0.2, 0.25) is 5.96 Å². The van der Waals surface area contributed by atoms with E-state index in [2.05, 4.69) is 28.0 Å². The summed E-state index contributed by atoms with van der Waals surface area (Å²) in [6, 6.07) is 2.08. The molecule has 0 aromatic carbocycles. The van der Waals surface area contributed by atoms with Gasteiger partial charge in [0.15, 0.2) is 0 Å². The molecule has 0 aliphatic carbocycles. The number of hydroxylamine groups is 1. The number of nitrogens with one attached hydrogen (secondary N) is 1. The Labute approximate surface area is 125 Å². The van der Waals surface area contributed by atoms with Crippen LogP contribution in [0.2, 0.25) is 0 Å². The quantitative estimate of drug-likeness (QED) is 0.210. The van der Waals surface area contributed by atoms with Crippen molar-refractivity contribution >= 4 is 5.96 Å². The highest BCUT2D eigenvalue weighted by Gasteiger charge is 2.06. The number of aromatic nitrogens is 2. The first-order valence-electron chi connectivity index (χ1n) is 7.20. The molecule has 1 rings (SSSR count). The minimum atomic E-state index is 0.0445. The van der Waals surface area contributed by atoms with Crippen molar-refractivity contribution in [2.24, 2.45) is 16.5 Å². The molecule has 0 aliphatic heterocycles. The first kappa shape index (κ1) is 17.4. The van der Waals surface area contributed by atoms with Gasteiger partial charge in [-0.3, -0.25) is 14.9 Å². The van der Waals surface area contributed by atoms with Crippen LogP contribution in [0, 0.1) is 13.8 Å². The fourth-order valence-corrected chi connectivity index (χ4v) is 2.18. The summed E-state index contributed by atoms with van der Waals surface area (Å²) in [7, 11) is 0. The zero-order valence-corrected chi connectivity index (χ0v) is 12.9. The Morgan fingerprint density at radius 3 is 2.76 bits per heavy atom. The van der Waals surface area contributed by atoms with Crippen LogP contribution in [0.3, 0.4) is 0 Å². The first-order chi connectivity index (χ1) is 10.1. The van der Waals surface area contributed by atoms with Crippen molar-refractivity contribution in [3.8, 4) is 0 Å². The van der Waals surface area contributed by atoms with Crippen molar-refractivity contribution in [3.63, 3.8) is 0 Å². The summed E-state index contributed by atoms with van der Waals surface area (Å²) < 4.78 is 2.02. The van der Waals surface area contributed by atoms with Crippen molar-refractivity contribution < 1.29 is 5.21 Å². The van der Waals surface area contributed by atoms with Crippen LogP contribution in [0.1, 0.15) is 17.8 Å². The van der Waals surface area contributed by atoms with Crippen LogP contribution in [-0.2, 0) is 6.54 Å². The highest BCUT2D eigenvalue weighted by molar-refractivity contribution is 5.76. The lowest BCUT2D eigenvalue weighted by Crippen LogP contribution is -2.34. The van der Waals surface area contributed by atoms with E-state index in [4.69, 9.17) is 16.7 Å². The molecule has 0 saturated carbocycles. The maximum absolute atomic E-state index is 8.52. The van der Waals surface area contributed by atoms with Crippen LogP contribution in [0.5, 0.6) is 0 Å². The molecule has 8 heteroatoms. The Morgan fingerprint density at radius 2 is 2.19 bits per heavy atom. The second kappa shape index (κ2) is 9.32. The normalized spacial score (nSPS) is 12.1. The van der Waals surface area contributed by atoms with Gasteiger partial charge in [-0.05, 0) is 26.3 Å². The molecule has 0 unspecified atom stereocenters. The lowest BCUT2D eigenvalue weighted by atomic mass is 10.3. The summed E-state index contributed by atoms with van der Waals surface area (Å²) in [5, 5.41) is 13.0. The molecule has 120 valence electrons. The minimum absolute atomic E-state index is 0.0445. The lowest BCUT2D eigenvalue weighted by molar-refractivity contribution is 0.232. The first-order valence-corrected chi connectivity index (χ1v) is 7.20. The van der Waals surface area contributed by atoms with Gasteiger partial charge in [-0.25, -0.2) is 5.48 Å². The fraction of sp³-hybridized carbons (Fsp3) is 0.692. The van der Waals surface area contributed by atoms with Gasteiger partial charge in [-0.1, -0.05) is 0 Å². The number of nitrogens with two attached hydrogens (primary N) is 2.